The van der Waals surface area contributed by atoms with E-state index in [1.165, 1.54) is 0 Å². The summed E-state index contributed by atoms with van der Waals surface area (Å²) in [6.07, 6.45) is 10.2. The van der Waals surface area contributed by atoms with E-state index >= 15 is 0 Å². The molecule has 0 fully saturated rings. The van der Waals surface area contributed by atoms with Crippen molar-refractivity contribution in [1.29, 1.82) is 0 Å². The minimum Gasteiger partial charge on any atom is -0.261 e. The van der Waals surface area contributed by atoms with Gasteiger partial charge in [0, 0.05) is 6.21 Å². The molecule has 0 heterocycles. The van der Waals surface area contributed by atoms with E-state index in [0.717, 1.165) is 24.1 Å². The highest BCUT2D eigenvalue weighted by Gasteiger charge is 2.02. The molecule has 0 aromatic heterocycles. The highest BCUT2D eigenvalue weighted by Crippen LogP contribution is 2.19. The van der Waals surface area contributed by atoms with Crippen molar-refractivity contribution in [2.24, 2.45) is 4.99 Å². The molecular formula is C10H13N. The molecule has 1 aliphatic carbocycles. The van der Waals surface area contributed by atoms with Crippen LogP contribution in [0.25, 0.3) is 0 Å². The molecule has 0 amide bonds. The van der Waals surface area contributed by atoms with Gasteiger partial charge in [0.05, 0.1) is 5.70 Å². The fourth-order valence-electron chi connectivity index (χ4n) is 1.14. The van der Waals surface area contributed by atoms with Gasteiger partial charge in [0.15, 0.2) is 0 Å². The third-order valence-electron chi connectivity index (χ3n) is 1.65. The fraction of sp³-hybridized carbons (Fsp3) is 0.300. The minimum atomic E-state index is 1.06. The molecule has 0 radical (unpaired) electrons. The molecule has 11 heavy (non-hydrogen) atoms. The molecule has 0 spiro atoms. The molecule has 0 aliphatic heterocycles. The van der Waals surface area contributed by atoms with Gasteiger partial charge in [0.2, 0.25) is 0 Å². The van der Waals surface area contributed by atoms with E-state index < -0.39 is 0 Å². The van der Waals surface area contributed by atoms with Crippen molar-refractivity contribution in [2.75, 3.05) is 0 Å². The number of aliphatic imine (C=N–C) groups is 1. The average molecular weight is 147 g/mol. The largest absolute Gasteiger partial charge is 0.261 e. The summed E-state index contributed by atoms with van der Waals surface area (Å²) in [5.74, 6) is 0. The van der Waals surface area contributed by atoms with E-state index in [4.69, 9.17) is 0 Å². The summed E-state index contributed by atoms with van der Waals surface area (Å²) in [6.45, 7) is 5.66. The molecule has 1 aliphatic rings. The summed E-state index contributed by atoms with van der Waals surface area (Å²) in [7, 11) is 0. The van der Waals surface area contributed by atoms with Crippen LogP contribution in [-0.4, -0.2) is 6.21 Å². The lowest BCUT2D eigenvalue weighted by atomic mass is 10.0. The van der Waals surface area contributed by atoms with Crippen LogP contribution in [0.2, 0.25) is 0 Å². The van der Waals surface area contributed by atoms with Crippen molar-refractivity contribution in [3.05, 3.63) is 36.1 Å². The van der Waals surface area contributed by atoms with Gasteiger partial charge in [-0.2, -0.15) is 0 Å². The average Bonchev–Trinajstić information content (AvgIpc) is 2.06. The van der Waals surface area contributed by atoms with Crippen LogP contribution in [0.4, 0.5) is 0 Å². The first kappa shape index (κ1) is 7.99. The lowest BCUT2D eigenvalue weighted by molar-refractivity contribution is 0.995. The van der Waals surface area contributed by atoms with Crippen LogP contribution >= 0.6 is 0 Å². The fourth-order valence-corrected chi connectivity index (χ4v) is 1.14. The SMILES string of the molecule is C=CC1=CCCC=C1N=CC. The van der Waals surface area contributed by atoms with Gasteiger partial charge < -0.3 is 0 Å². The van der Waals surface area contributed by atoms with Crippen LogP contribution < -0.4 is 0 Å². The number of hydrogen-bond donors (Lipinski definition) is 0. The summed E-state index contributed by atoms with van der Waals surface area (Å²) in [5, 5.41) is 0. The first-order valence-electron chi connectivity index (χ1n) is 3.90. The Labute approximate surface area is 67.8 Å². The maximum absolute atomic E-state index is 4.23. The third-order valence-corrected chi connectivity index (χ3v) is 1.65. The lowest BCUT2D eigenvalue weighted by Crippen LogP contribution is -1.89. The maximum Gasteiger partial charge on any atom is 0.0654 e. The van der Waals surface area contributed by atoms with E-state index in [0.29, 0.717) is 0 Å². The summed E-state index contributed by atoms with van der Waals surface area (Å²) in [4.78, 5) is 4.23. The molecule has 58 valence electrons. The Kier molecular flexibility index (Phi) is 2.84. The molecule has 1 nitrogen and oxygen atoms in total. The predicted molar refractivity (Wildman–Crippen MR) is 49.8 cm³/mol. The van der Waals surface area contributed by atoms with Gasteiger partial charge in [0.1, 0.15) is 0 Å². The Morgan fingerprint density at radius 2 is 2.18 bits per heavy atom. The summed E-state index contributed by atoms with van der Waals surface area (Å²) < 4.78 is 0. The molecule has 0 bridgehead atoms. The first-order valence-corrected chi connectivity index (χ1v) is 3.90. The first-order chi connectivity index (χ1) is 5.38. The molecule has 0 saturated carbocycles. The lowest BCUT2D eigenvalue weighted by Gasteiger charge is -2.07. The molecular weight excluding hydrogens is 134 g/mol. The Morgan fingerprint density at radius 3 is 2.82 bits per heavy atom. The van der Waals surface area contributed by atoms with Crippen LogP contribution in [-0.2, 0) is 0 Å². The highest BCUT2D eigenvalue weighted by atomic mass is 14.7. The Morgan fingerprint density at radius 1 is 1.45 bits per heavy atom. The molecule has 0 aromatic rings. The second-order valence-electron chi connectivity index (χ2n) is 2.42. The van der Waals surface area contributed by atoms with E-state index in [1.807, 2.05) is 19.2 Å². The number of hydrogen-bond acceptors (Lipinski definition) is 1. The van der Waals surface area contributed by atoms with Crippen LogP contribution in [0.1, 0.15) is 19.8 Å². The topological polar surface area (TPSA) is 12.4 Å². The molecule has 0 aromatic carbocycles. The summed E-state index contributed by atoms with van der Waals surface area (Å²) in [5.41, 5.74) is 2.23. The standard InChI is InChI=1S/C10H13N/c1-3-9-7-5-6-8-10(9)11-4-2/h3-4,7-8H,1,5-6H2,2H3. The second kappa shape index (κ2) is 3.91. The van der Waals surface area contributed by atoms with E-state index in [2.05, 4.69) is 23.7 Å². The Hall–Kier alpha value is -1.11. The minimum absolute atomic E-state index is 1.06. The zero-order valence-corrected chi connectivity index (χ0v) is 6.88. The zero-order valence-electron chi connectivity index (χ0n) is 6.88. The maximum atomic E-state index is 4.23. The van der Waals surface area contributed by atoms with Crippen molar-refractivity contribution in [2.45, 2.75) is 19.8 Å². The van der Waals surface area contributed by atoms with Crippen LogP contribution in [0.5, 0.6) is 0 Å². The molecule has 1 rings (SSSR count). The van der Waals surface area contributed by atoms with Gasteiger partial charge in [-0.1, -0.05) is 24.8 Å². The van der Waals surface area contributed by atoms with Gasteiger partial charge in [-0.3, -0.25) is 4.99 Å². The quantitative estimate of drug-likeness (QED) is 0.532. The van der Waals surface area contributed by atoms with Crippen molar-refractivity contribution < 1.29 is 0 Å². The van der Waals surface area contributed by atoms with Gasteiger partial charge in [-0.25, -0.2) is 0 Å². The number of nitrogens with zero attached hydrogens (tertiary/aromatic N) is 1. The van der Waals surface area contributed by atoms with Crippen molar-refractivity contribution in [1.82, 2.24) is 0 Å². The number of rotatable bonds is 2. The Balaban J connectivity index is 2.83. The molecule has 0 unspecified atom stereocenters. The Bertz CT molecular complexity index is 231. The number of allylic oxidation sites excluding steroid dienone is 3. The summed E-state index contributed by atoms with van der Waals surface area (Å²) >= 11 is 0. The van der Waals surface area contributed by atoms with Crippen molar-refractivity contribution >= 4 is 6.21 Å². The van der Waals surface area contributed by atoms with Gasteiger partial charge >= 0.3 is 0 Å². The molecule has 0 N–H and O–H groups in total. The molecule has 1 heteroatoms. The van der Waals surface area contributed by atoms with E-state index in [9.17, 15) is 0 Å². The zero-order chi connectivity index (χ0) is 8.10. The highest BCUT2D eigenvalue weighted by molar-refractivity contribution is 5.58. The second-order valence-corrected chi connectivity index (χ2v) is 2.42. The van der Waals surface area contributed by atoms with Crippen molar-refractivity contribution in [3.8, 4) is 0 Å². The van der Waals surface area contributed by atoms with Gasteiger partial charge in [0.25, 0.3) is 0 Å². The molecule has 0 saturated heterocycles. The normalized spacial score (nSPS) is 17.9. The molecule has 0 atom stereocenters. The predicted octanol–water partition coefficient (Wildman–Crippen LogP) is 2.87. The van der Waals surface area contributed by atoms with Gasteiger partial charge in [-0.05, 0) is 25.3 Å². The van der Waals surface area contributed by atoms with Crippen molar-refractivity contribution in [3.63, 3.8) is 0 Å². The van der Waals surface area contributed by atoms with E-state index in [-0.39, 0.29) is 0 Å². The van der Waals surface area contributed by atoms with Crippen LogP contribution in [0.15, 0.2) is 41.1 Å². The third kappa shape index (κ3) is 1.90. The van der Waals surface area contributed by atoms with Crippen LogP contribution in [0, 0.1) is 0 Å². The summed E-state index contributed by atoms with van der Waals surface area (Å²) in [6, 6.07) is 0. The van der Waals surface area contributed by atoms with Gasteiger partial charge in [-0.15, -0.1) is 0 Å². The van der Waals surface area contributed by atoms with E-state index in [1.54, 1.807) is 0 Å². The smallest absolute Gasteiger partial charge is 0.0654 e. The monoisotopic (exact) mass is 147 g/mol. The van der Waals surface area contributed by atoms with Crippen LogP contribution in [0.3, 0.4) is 0 Å².